The molecular formula is C22H21N2O3+. The van der Waals surface area contributed by atoms with Crippen molar-refractivity contribution in [3.63, 3.8) is 0 Å². The molecule has 0 aliphatic heterocycles. The normalized spacial score (nSPS) is 11.3. The summed E-state index contributed by atoms with van der Waals surface area (Å²) in [5.74, 6) is 0.455. The van der Waals surface area contributed by atoms with Gasteiger partial charge < -0.3 is 14.5 Å². The van der Waals surface area contributed by atoms with Gasteiger partial charge >= 0.3 is 0 Å². The Balaban J connectivity index is 1.84. The minimum absolute atomic E-state index is 0.00569. The SMILES string of the molecule is CC(C)Oc1ccc(C(=O)Nc2cc[n+](C)cc2)c2c1oc1ccccc12. The van der Waals surface area contributed by atoms with Crippen molar-refractivity contribution in [2.24, 2.45) is 7.05 Å². The smallest absolute Gasteiger partial charge is 0.256 e. The summed E-state index contributed by atoms with van der Waals surface area (Å²) in [5, 5.41) is 4.62. The van der Waals surface area contributed by atoms with Crippen molar-refractivity contribution in [1.82, 2.24) is 0 Å². The topological polar surface area (TPSA) is 55.4 Å². The molecule has 0 spiro atoms. The second kappa shape index (κ2) is 6.76. The molecule has 1 N–H and O–H groups in total. The average Bonchev–Trinajstić information content (AvgIpc) is 3.03. The minimum Gasteiger partial charge on any atom is -0.487 e. The van der Waals surface area contributed by atoms with Crippen LogP contribution in [0.3, 0.4) is 0 Å². The Labute approximate surface area is 157 Å². The highest BCUT2D eigenvalue weighted by molar-refractivity contribution is 6.20. The predicted molar refractivity (Wildman–Crippen MR) is 105 cm³/mol. The van der Waals surface area contributed by atoms with E-state index in [-0.39, 0.29) is 12.0 Å². The third-order valence-electron chi connectivity index (χ3n) is 4.33. The number of pyridine rings is 1. The van der Waals surface area contributed by atoms with Crippen molar-refractivity contribution < 1.29 is 18.5 Å². The molecule has 0 saturated carbocycles. The highest BCUT2D eigenvalue weighted by atomic mass is 16.5. The van der Waals surface area contributed by atoms with Crippen LogP contribution in [0.15, 0.2) is 65.3 Å². The van der Waals surface area contributed by atoms with E-state index >= 15 is 0 Å². The number of nitrogens with zero attached hydrogens (tertiary/aromatic N) is 1. The molecule has 27 heavy (non-hydrogen) atoms. The molecule has 0 bridgehead atoms. The van der Waals surface area contributed by atoms with Gasteiger partial charge in [-0.3, -0.25) is 4.79 Å². The molecule has 2 aromatic carbocycles. The number of ether oxygens (including phenoxy) is 1. The third-order valence-corrected chi connectivity index (χ3v) is 4.33. The van der Waals surface area contributed by atoms with Crippen LogP contribution in [0.2, 0.25) is 0 Å². The van der Waals surface area contributed by atoms with Gasteiger partial charge in [0.2, 0.25) is 0 Å². The first-order valence-electron chi connectivity index (χ1n) is 8.90. The first-order chi connectivity index (χ1) is 13.0. The molecule has 0 fully saturated rings. The molecule has 0 radical (unpaired) electrons. The number of aromatic nitrogens is 1. The number of aryl methyl sites for hydroxylation is 1. The van der Waals surface area contributed by atoms with Crippen molar-refractivity contribution in [3.05, 3.63) is 66.5 Å². The largest absolute Gasteiger partial charge is 0.487 e. The van der Waals surface area contributed by atoms with Crippen LogP contribution < -0.4 is 14.6 Å². The van der Waals surface area contributed by atoms with Gasteiger partial charge in [0.05, 0.1) is 17.4 Å². The van der Waals surface area contributed by atoms with Gasteiger partial charge in [-0.2, -0.15) is 0 Å². The lowest BCUT2D eigenvalue weighted by molar-refractivity contribution is -0.671. The quantitative estimate of drug-likeness (QED) is 0.546. The van der Waals surface area contributed by atoms with Gasteiger partial charge in [0.25, 0.3) is 5.91 Å². The van der Waals surface area contributed by atoms with Crippen LogP contribution in [0.25, 0.3) is 21.9 Å². The summed E-state index contributed by atoms with van der Waals surface area (Å²) in [7, 11) is 1.93. The molecule has 2 heterocycles. The van der Waals surface area contributed by atoms with E-state index in [1.807, 2.05) is 74.3 Å². The lowest BCUT2D eigenvalue weighted by atomic mass is 10.0. The third kappa shape index (κ3) is 3.24. The fourth-order valence-electron chi connectivity index (χ4n) is 3.12. The number of benzene rings is 2. The Hall–Kier alpha value is -3.34. The number of anilines is 1. The van der Waals surface area contributed by atoms with Crippen molar-refractivity contribution in [2.75, 3.05) is 5.32 Å². The second-order valence-corrected chi connectivity index (χ2v) is 6.79. The maximum Gasteiger partial charge on any atom is 0.256 e. The van der Waals surface area contributed by atoms with Gasteiger partial charge in [0, 0.05) is 22.9 Å². The summed E-state index contributed by atoms with van der Waals surface area (Å²) in [5.41, 5.74) is 2.62. The Morgan fingerprint density at radius 3 is 2.56 bits per heavy atom. The highest BCUT2D eigenvalue weighted by Gasteiger charge is 2.20. The summed E-state index contributed by atoms with van der Waals surface area (Å²) in [6.45, 7) is 3.93. The van der Waals surface area contributed by atoms with E-state index in [9.17, 15) is 4.79 Å². The van der Waals surface area contributed by atoms with E-state index in [0.29, 0.717) is 16.9 Å². The molecule has 5 nitrogen and oxygen atoms in total. The average molecular weight is 361 g/mol. The molecule has 0 aliphatic rings. The molecular weight excluding hydrogens is 340 g/mol. The number of rotatable bonds is 4. The summed E-state index contributed by atoms with van der Waals surface area (Å²) >= 11 is 0. The number of amides is 1. The number of hydrogen-bond donors (Lipinski definition) is 1. The Kier molecular flexibility index (Phi) is 4.28. The maximum atomic E-state index is 13.0. The number of fused-ring (bicyclic) bond motifs is 3. The van der Waals surface area contributed by atoms with Crippen molar-refractivity contribution >= 4 is 33.5 Å². The molecule has 5 heteroatoms. The van der Waals surface area contributed by atoms with Crippen molar-refractivity contribution in [3.8, 4) is 5.75 Å². The van der Waals surface area contributed by atoms with Crippen LogP contribution in [0.5, 0.6) is 5.75 Å². The Bertz CT molecular complexity index is 1130. The monoisotopic (exact) mass is 361 g/mol. The summed E-state index contributed by atoms with van der Waals surface area (Å²) in [4.78, 5) is 13.0. The summed E-state index contributed by atoms with van der Waals surface area (Å²) in [6, 6.07) is 15.0. The van der Waals surface area contributed by atoms with Gasteiger partial charge in [-0.15, -0.1) is 0 Å². The molecule has 4 rings (SSSR count). The van der Waals surface area contributed by atoms with Crippen LogP contribution in [0, 0.1) is 0 Å². The fraction of sp³-hybridized carbons (Fsp3) is 0.182. The van der Waals surface area contributed by atoms with Crippen LogP contribution in [-0.2, 0) is 7.05 Å². The van der Waals surface area contributed by atoms with Gasteiger partial charge in [0.1, 0.15) is 12.6 Å². The van der Waals surface area contributed by atoms with Crippen LogP contribution >= 0.6 is 0 Å². The molecule has 136 valence electrons. The minimum atomic E-state index is -0.184. The van der Waals surface area contributed by atoms with E-state index in [1.54, 1.807) is 12.1 Å². The first-order valence-corrected chi connectivity index (χ1v) is 8.90. The molecule has 1 amide bonds. The number of para-hydroxylation sites is 1. The molecule has 0 saturated heterocycles. The Morgan fingerprint density at radius 2 is 1.81 bits per heavy atom. The Morgan fingerprint density at radius 1 is 1.07 bits per heavy atom. The number of furan rings is 1. The highest BCUT2D eigenvalue weighted by Crippen LogP contribution is 2.37. The van der Waals surface area contributed by atoms with E-state index in [2.05, 4.69) is 5.32 Å². The van der Waals surface area contributed by atoms with Crippen LogP contribution in [-0.4, -0.2) is 12.0 Å². The molecule has 0 aliphatic carbocycles. The number of carbonyl (C=O) groups excluding carboxylic acids is 1. The molecule has 0 atom stereocenters. The lowest BCUT2D eigenvalue weighted by Crippen LogP contribution is -2.26. The van der Waals surface area contributed by atoms with Gasteiger partial charge in [0.15, 0.2) is 23.7 Å². The number of carbonyl (C=O) groups is 1. The van der Waals surface area contributed by atoms with Gasteiger partial charge in [-0.05, 0) is 32.0 Å². The fourth-order valence-corrected chi connectivity index (χ4v) is 3.12. The van der Waals surface area contributed by atoms with E-state index < -0.39 is 0 Å². The van der Waals surface area contributed by atoms with Gasteiger partial charge in [-0.1, -0.05) is 18.2 Å². The molecule has 4 aromatic rings. The zero-order valence-electron chi connectivity index (χ0n) is 15.5. The van der Waals surface area contributed by atoms with Crippen molar-refractivity contribution in [2.45, 2.75) is 20.0 Å². The molecule has 0 unspecified atom stereocenters. The van der Waals surface area contributed by atoms with Gasteiger partial charge in [-0.25, -0.2) is 4.57 Å². The second-order valence-electron chi connectivity index (χ2n) is 6.79. The maximum absolute atomic E-state index is 13.0. The predicted octanol–water partition coefficient (Wildman–Crippen LogP) is 4.45. The van der Waals surface area contributed by atoms with E-state index in [1.165, 1.54) is 0 Å². The van der Waals surface area contributed by atoms with E-state index in [4.69, 9.17) is 9.15 Å². The van der Waals surface area contributed by atoms with Crippen LogP contribution in [0.1, 0.15) is 24.2 Å². The standard InChI is InChI=1S/C22H20N2O3/c1-14(2)26-19-9-8-17(22(25)23-15-10-12-24(3)13-11-15)20-16-6-4-5-7-18(16)27-21(19)20/h4-14H,1-3H3/p+1. The number of nitrogens with one attached hydrogen (secondary N) is 1. The first kappa shape index (κ1) is 17.1. The molecule has 2 aromatic heterocycles. The van der Waals surface area contributed by atoms with Crippen LogP contribution in [0.4, 0.5) is 5.69 Å². The lowest BCUT2D eigenvalue weighted by Gasteiger charge is -2.12. The zero-order chi connectivity index (χ0) is 19.0. The zero-order valence-corrected chi connectivity index (χ0v) is 15.5. The van der Waals surface area contributed by atoms with E-state index in [0.717, 1.165) is 22.0 Å². The summed E-state index contributed by atoms with van der Waals surface area (Å²) in [6.07, 6.45) is 3.78. The van der Waals surface area contributed by atoms with Crippen molar-refractivity contribution in [1.29, 1.82) is 0 Å². The number of hydrogen-bond acceptors (Lipinski definition) is 3. The summed E-state index contributed by atoms with van der Waals surface area (Å²) < 4.78 is 13.8.